The number of nitrogens with one attached hydrogen (secondary N) is 2. The Bertz CT molecular complexity index is 692. The van der Waals surface area contributed by atoms with E-state index in [-0.39, 0.29) is 12.4 Å². The molecule has 8 nitrogen and oxygen atoms in total. The summed E-state index contributed by atoms with van der Waals surface area (Å²) in [6.45, 7) is 1.65. The van der Waals surface area contributed by atoms with Crippen molar-refractivity contribution in [2.45, 2.75) is 18.6 Å². The van der Waals surface area contributed by atoms with Crippen LogP contribution in [0.15, 0.2) is 33.9 Å². The molecule has 2 amide bonds. The highest BCUT2D eigenvalue weighted by Crippen LogP contribution is 2.16. The fourth-order valence-electron chi connectivity index (χ4n) is 1.46. The molecule has 0 atom stereocenters. The Morgan fingerprint density at radius 2 is 1.92 bits per heavy atom. The lowest BCUT2D eigenvalue weighted by Gasteiger charge is -2.08. The van der Waals surface area contributed by atoms with Crippen molar-refractivity contribution in [1.82, 2.24) is 21.0 Å². The number of hydrazine groups is 1. The van der Waals surface area contributed by atoms with E-state index in [0.29, 0.717) is 28.3 Å². The Morgan fingerprint density at radius 1 is 1.21 bits per heavy atom. The molecule has 0 aliphatic rings. The molecule has 2 N–H and O–H groups in total. The van der Waals surface area contributed by atoms with Gasteiger partial charge in [0.1, 0.15) is 5.75 Å². The molecule has 0 unspecified atom stereocenters. The number of benzene rings is 1. The van der Waals surface area contributed by atoms with E-state index in [0.717, 1.165) is 11.8 Å². The normalized spacial score (nSPS) is 10.2. The van der Waals surface area contributed by atoms with E-state index in [1.807, 2.05) is 6.92 Å². The summed E-state index contributed by atoms with van der Waals surface area (Å²) < 4.78 is 10.5. The van der Waals surface area contributed by atoms with Crippen LogP contribution in [0.3, 0.4) is 0 Å². The largest absolute Gasteiger partial charge is 0.484 e. The Balaban J connectivity index is 1.63. The number of amides is 2. The minimum Gasteiger partial charge on any atom is -0.484 e. The third-order valence-corrected chi connectivity index (χ3v) is 3.67. The molecule has 1 heterocycles. The number of thioether (sulfide) groups is 1. The zero-order chi connectivity index (χ0) is 17.4. The van der Waals surface area contributed by atoms with Gasteiger partial charge in [-0.05, 0) is 24.3 Å². The van der Waals surface area contributed by atoms with Crippen LogP contribution < -0.4 is 15.6 Å². The van der Waals surface area contributed by atoms with E-state index in [2.05, 4.69) is 21.0 Å². The minimum atomic E-state index is -0.491. The van der Waals surface area contributed by atoms with Crippen molar-refractivity contribution in [1.29, 1.82) is 0 Å². The second-order valence-corrected chi connectivity index (χ2v) is 5.81. The molecule has 0 saturated heterocycles. The summed E-state index contributed by atoms with van der Waals surface area (Å²) in [5.41, 5.74) is 4.52. The predicted molar refractivity (Wildman–Crippen MR) is 87.6 cm³/mol. The molecule has 2 rings (SSSR count). The van der Waals surface area contributed by atoms with Gasteiger partial charge in [0.05, 0.1) is 5.75 Å². The topological polar surface area (TPSA) is 106 Å². The smallest absolute Gasteiger partial charge is 0.277 e. The Labute approximate surface area is 147 Å². The van der Waals surface area contributed by atoms with Crippen LogP contribution in [0.25, 0.3) is 0 Å². The van der Waals surface area contributed by atoms with Gasteiger partial charge in [0.2, 0.25) is 11.8 Å². The second-order valence-electron chi connectivity index (χ2n) is 4.44. The van der Waals surface area contributed by atoms with Gasteiger partial charge >= 0.3 is 0 Å². The molecule has 128 valence electrons. The first-order valence-corrected chi connectivity index (χ1v) is 8.34. The monoisotopic (exact) mass is 370 g/mol. The van der Waals surface area contributed by atoms with Crippen molar-refractivity contribution in [2.24, 2.45) is 0 Å². The maximum atomic E-state index is 11.6. The predicted octanol–water partition coefficient (Wildman–Crippen LogP) is 1.60. The van der Waals surface area contributed by atoms with Crippen molar-refractivity contribution in [3.05, 3.63) is 35.2 Å². The molecule has 0 fully saturated rings. The van der Waals surface area contributed by atoms with E-state index in [4.69, 9.17) is 20.8 Å². The van der Waals surface area contributed by atoms with Crippen LogP contribution >= 0.6 is 23.4 Å². The summed E-state index contributed by atoms with van der Waals surface area (Å²) in [6, 6.07) is 6.57. The van der Waals surface area contributed by atoms with Gasteiger partial charge in [-0.3, -0.25) is 20.4 Å². The van der Waals surface area contributed by atoms with Gasteiger partial charge in [-0.25, -0.2) is 0 Å². The molecule has 0 aliphatic carbocycles. The number of carbonyl (C=O) groups is 2. The fraction of sp³-hybridized carbons (Fsp3) is 0.286. The highest BCUT2D eigenvalue weighted by atomic mass is 35.5. The lowest BCUT2D eigenvalue weighted by Crippen LogP contribution is -2.44. The summed E-state index contributed by atoms with van der Waals surface area (Å²) in [6.07, 6.45) is 0.628. The first kappa shape index (κ1) is 18.1. The second kappa shape index (κ2) is 9.14. The molecule has 0 radical (unpaired) electrons. The maximum Gasteiger partial charge on any atom is 0.277 e. The number of aryl methyl sites for hydroxylation is 1. The quantitative estimate of drug-likeness (QED) is 0.563. The molecule has 1 aromatic carbocycles. The van der Waals surface area contributed by atoms with E-state index >= 15 is 0 Å². The van der Waals surface area contributed by atoms with E-state index in [9.17, 15) is 9.59 Å². The SMILES string of the molecule is CCc1nnc(SCC(=O)NNC(=O)COc2ccc(Cl)cc2)o1. The number of rotatable bonds is 7. The maximum absolute atomic E-state index is 11.6. The number of carbonyl (C=O) groups excluding carboxylic acids is 2. The van der Waals surface area contributed by atoms with Crippen molar-refractivity contribution in [3.63, 3.8) is 0 Å². The Kier molecular flexibility index (Phi) is 6.89. The van der Waals surface area contributed by atoms with Crippen LogP contribution in [0.2, 0.25) is 5.02 Å². The van der Waals surface area contributed by atoms with Crippen LogP contribution in [0.5, 0.6) is 5.75 Å². The fourth-order valence-corrected chi connectivity index (χ4v) is 2.16. The number of ether oxygens (including phenoxy) is 1. The molecule has 1 aromatic heterocycles. The summed E-state index contributed by atoms with van der Waals surface area (Å²) in [5.74, 6) is 0.138. The average molecular weight is 371 g/mol. The third kappa shape index (κ3) is 6.09. The third-order valence-electron chi connectivity index (χ3n) is 2.60. The van der Waals surface area contributed by atoms with Crippen LogP contribution in [0.1, 0.15) is 12.8 Å². The van der Waals surface area contributed by atoms with Gasteiger partial charge in [0.15, 0.2) is 6.61 Å². The van der Waals surface area contributed by atoms with Crippen LogP contribution in [0, 0.1) is 0 Å². The Hall–Kier alpha value is -2.26. The lowest BCUT2D eigenvalue weighted by atomic mass is 10.3. The van der Waals surface area contributed by atoms with Gasteiger partial charge < -0.3 is 9.15 Å². The molecular formula is C14H15ClN4O4S. The van der Waals surface area contributed by atoms with Crippen LogP contribution in [-0.4, -0.2) is 34.4 Å². The van der Waals surface area contributed by atoms with Crippen LogP contribution in [0.4, 0.5) is 0 Å². The first-order valence-electron chi connectivity index (χ1n) is 6.98. The van der Waals surface area contributed by atoms with E-state index in [1.54, 1.807) is 24.3 Å². The summed E-state index contributed by atoms with van der Waals surface area (Å²) >= 11 is 6.82. The highest BCUT2D eigenvalue weighted by molar-refractivity contribution is 7.99. The van der Waals surface area contributed by atoms with E-state index < -0.39 is 11.8 Å². The number of aromatic nitrogens is 2. The molecule has 24 heavy (non-hydrogen) atoms. The molecular weight excluding hydrogens is 356 g/mol. The zero-order valence-corrected chi connectivity index (χ0v) is 14.3. The summed E-state index contributed by atoms with van der Waals surface area (Å²) in [7, 11) is 0. The summed E-state index contributed by atoms with van der Waals surface area (Å²) in [5, 5.41) is 8.43. The standard InChI is InChI=1S/C14H15ClN4O4S/c1-2-13-18-19-14(23-13)24-8-12(21)17-16-11(20)7-22-10-5-3-9(15)4-6-10/h3-6H,2,7-8H2,1H3,(H,16,20)(H,17,21). The molecule has 0 spiro atoms. The van der Waals surface area contributed by atoms with Crippen molar-refractivity contribution in [2.75, 3.05) is 12.4 Å². The van der Waals surface area contributed by atoms with Crippen molar-refractivity contribution >= 4 is 35.2 Å². The van der Waals surface area contributed by atoms with Crippen molar-refractivity contribution in [3.8, 4) is 5.75 Å². The first-order chi connectivity index (χ1) is 11.6. The van der Waals surface area contributed by atoms with E-state index in [1.165, 1.54) is 0 Å². The van der Waals surface area contributed by atoms with Gasteiger partial charge in [-0.1, -0.05) is 30.3 Å². The van der Waals surface area contributed by atoms with Gasteiger partial charge in [-0.2, -0.15) is 0 Å². The molecule has 0 saturated carbocycles. The van der Waals surface area contributed by atoms with Gasteiger partial charge in [0.25, 0.3) is 11.1 Å². The Morgan fingerprint density at radius 3 is 2.58 bits per heavy atom. The highest BCUT2D eigenvalue weighted by Gasteiger charge is 2.10. The lowest BCUT2D eigenvalue weighted by molar-refractivity contribution is -0.128. The average Bonchev–Trinajstić information content (AvgIpc) is 3.05. The minimum absolute atomic E-state index is 0.0314. The number of halogens is 1. The summed E-state index contributed by atoms with van der Waals surface area (Å²) in [4.78, 5) is 23.2. The number of hydrogen-bond donors (Lipinski definition) is 2. The number of nitrogens with zero attached hydrogens (tertiary/aromatic N) is 2. The van der Waals surface area contributed by atoms with Crippen LogP contribution in [-0.2, 0) is 16.0 Å². The van der Waals surface area contributed by atoms with Gasteiger partial charge in [-0.15, -0.1) is 10.2 Å². The van der Waals surface area contributed by atoms with Crippen molar-refractivity contribution < 1.29 is 18.7 Å². The molecule has 0 bridgehead atoms. The van der Waals surface area contributed by atoms with Gasteiger partial charge in [0, 0.05) is 11.4 Å². The zero-order valence-electron chi connectivity index (χ0n) is 12.7. The molecule has 0 aliphatic heterocycles. The number of hydrogen-bond acceptors (Lipinski definition) is 7. The molecule has 2 aromatic rings. The molecule has 10 heteroatoms.